The van der Waals surface area contributed by atoms with Crippen molar-refractivity contribution in [2.24, 2.45) is 0 Å². The van der Waals surface area contributed by atoms with E-state index in [0.717, 1.165) is 0 Å². The fourth-order valence-corrected chi connectivity index (χ4v) is 1.42. The number of hydroxylamine groups is 2. The Morgan fingerprint density at radius 1 is 1.42 bits per heavy atom. The van der Waals surface area contributed by atoms with Crippen LogP contribution in [0, 0.1) is 0 Å². The fraction of sp³-hybridized carbons (Fsp3) is 1.00. The van der Waals surface area contributed by atoms with E-state index < -0.39 is 7.60 Å². The van der Waals surface area contributed by atoms with Gasteiger partial charge in [0.15, 0.2) is 0 Å². The molecule has 1 fully saturated rings. The second-order valence-electron chi connectivity index (χ2n) is 3.62. The summed E-state index contributed by atoms with van der Waals surface area (Å²) in [7, 11) is -2.97. The summed E-state index contributed by atoms with van der Waals surface area (Å²) in [5.41, 5.74) is 5.08. The zero-order valence-corrected chi connectivity index (χ0v) is 8.64. The molecule has 5 nitrogen and oxygen atoms in total. The van der Waals surface area contributed by atoms with Gasteiger partial charge >= 0.3 is 7.60 Å². The lowest BCUT2D eigenvalue weighted by molar-refractivity contribution is 0.104. The van der Waals surface area contributed by atoms with Crippen molar-refractivity contribution in [3.63, 3.8) is 0 Å². The third kappa shape index (κ3) is 2.28. The van der Waals surface area contributed by atoms with E-state index in [0.29, 0.717) is 0 Å². The molecule has 1 saturated heterocycles. The molecule has 1 aliphatic rings. The van der Waals surface area contributed by atoms with Gasteiger partial charge in [0.05, 0.1) is 5.54 Å². The molecule has 0 amide bonds. The SMILES string of the molecule is CC1NOP(C)(=O)ONC1(C)C. The minimum Gasteiger partial charge on any atom is -0.257 e. The molecule has 0 aromatic heterocycles. The van der Waals surface area contributed by atoms with Gasteiger partial charge in [0, 0.05) is 12.7 Å². The Morgan fingerprint density at radius 3 is 2.58 bits per heavy atom. The molecule has 12 heavy (non-hydrogen) atoms. The van der Waals surface area contributed by atoms with Crippen molar-refractivity contribution < 1.29 is 13.8 Å². The molecular formula is C6H15N2O3P. The molecule has 1 aliphatic heterocycles. The minimum atomic E-state index is -2.97. The van der Waals surface area contributed by atoms with Crippen LogP contribution >= 0.6 is 7.60 Å². The molecule has 2 unspecified atom stereocenters. The van der Waals surface area contributed by atoms with Gasteiger partial charge in [0.25, 0.3) is 0 Å². The van der Waals surface area contributed by atoms with Gasteiger partial charge in [-0.3, -0.25) is 4.57 Å². The van der Waals surface area contributed by atoms with Gasteiger partial charge in [-0.25, -0.2) is 9.25 Å². The van der Waals surface area contributed by atoms with Crippen molar-refractivity contribution >= 4 is 7.60 Å². The number of hydrogen-bond donors (Lipinski definition) is 2. The van der Waals surface area contributed by atoms with Gasteiger partial charge in [0.2, 0.25) is 0 Å². The Bertz CT molecular complexity index is 219. The van der Waals surface area contributed by atoms with Crippen molar-refractivity contribution in [2.75, 3.05) is 6.66 Å². The summed E-state index contributed by atoms with van der Waals surface area (Å²) in [6.45, 7) is 7.18. The summed E-state index contributed by atoms with van der Waals surface area (Å²) in [5.74, 6) is 0. The lowest BCUT2D eigenvalue weighted by Crippen LogP contribution is -2.51. The fourth-order valence-electron chi connectivity index (χ4n) is 0.630. The molecule has 0 bridgehead atoms. The van der Waals surface area contributed by atoms with E-state index in [1.807, 2.05) is 20.8 Å². The summed E-state index contributed by atoms with van der Waals surface area (Å²) in [6, 6.07) is 0.0216. The standard InChI is InChI=1S/C6H15N2O3P/c1-5-6(2,3)8-11-12(4,9)10-7-5/h5,7-8H,1-4H3. The highest BCUT2D eigenvalue weighted by molar-refractivity contribution is 7.52. The van der Waals surface area contributed by atoms with Crippen LogP contribution in [0.25, 0.3) is 0 Å². The Kier molecular flexibility index (Phi) is 2.61. The van der Waals surface area contributed by atoms with Crippen molar-refractivity contribution in [1.29, 1.82) is 0 Å². The third-order valence-corrected chi connectivity index (χ3v) is 2.81. The van der Waals surface area contributed by atoms with Gasteiger partial charge < -0.3 is 0 Å². The predicted octanol–water partition coefficient (Wildman–Crippen LogP) is 1.03. The van der Waals surface area contributed by atoms with E-state index in [-0.39, 0.29) is 11.6 Å². The third-order valence-electron chi connectivity index (χ3n) is 1.95. The van der Waals surface area contributed by atoms with Crippen molar-refractivity contribution in [3.05, 3.63) is 0 Å². The summed E-state index contributed by atoms with van der Waals surface area (Å²) in [4.78, 5) is 0. The first-order valence-electron chi connectivity index (χ1n) is 3.81. The van der Waals surface area contributed by atoms with Gasteiger partial charge in [-0.2, -0.15) is 11.0 Å². The second-order valence-corrected chi connectivity index (χ2v) is 5.52. The number of rotatable bonds is 0. The molecule has 1 rings (SSSR count). The Morgan fingerprint density at radius 2 is 2.00 bits per heavy atom. The monoisotopic (exact) mass is 194 g/mol. The van der Waals surface area contributed by atoms with E-state index >= 15 is 0 Å². The summed E-state index contributed by atoms with van der Waals surface area (Å²) < 4.78 is 21.1. The van der Waals surface area contributed by atoms with Crippen LogP contribution < -0.4 is 11.0 Å². The highest BCUT2D eigenvalue weighted by Gasteiger charge is 2.34. The maximum atomic E-state index is 11.3. The zero-order valence-electron chi connectivity index (χ0n) is 7.75. The van der Waals surface area contributed by atoms with Crippen LogP contribution in [0.15, 0.2) is 0 Å². The molecule has 0 saturated carbocycles. The van der Waals surface area contributed by atoms with Crippen molar-refractivity contribution in [3.8, 4) is 0 Å². The quantitative estimate of drug-likeness (QED) is 0.564. The smallest absolute Gasteiger partial charge is 0.257 e. The lowest BCUT2D eigenvalue weighted by atomic mass is 9.98. The lowest BCUT2D eigenvalue weighted by Gasteiger charge is -2.27. The topological polar surface area (TPSA) is 59.6 Å². The number of hydrogen-bond acceptors (Lipinski definition) is 5. The second kappa shape index (κ2) is 3.09. The van der Waals surface area contributed by atoms with E-state index in [4.69, 9.17) is 9.25 Å². The summed E-state index contributed by atoms with van der Waals surface area (Å²) in [6.07, 6.45) is 0. The highest BCUT2D eigenvalue weighted by Crippen LogP contribution is 2.43. The average molecular weight is 194 g/mol. The molecule has 0 aromatic rings. The van der Waals surface area contributed by atoms with Crippen LogP contribution in [0.2, 0.25) is 0 Å². The molecular weight excluding hydrogens is 179 g/mol. The molecule has 72 valence electrons. The summed E-state index contributed by atoms with van der Waals surface area (Å²) >= 11 is 0. The minimum absolute atomic E-state index is 0.0216. The Labute approximate surface area is 72.3 Å². The van der Waals surface area contributed by atoms with E-state index in [9.17, 15) is 4.57 Å². The van der Waals surface area contributed by atoms with E-state index in [1.165, 1.54) is 6.66 Å². The van der Waals surface area contributed by atoms with Crippen molar-refractivity contribution in [2.45, 2.75) is 32.4 Å². The first-order chi connectivity index (χ1) is 5.33. The first kappa shape index (κ1) is 10.2. The zero-order chi connectivity index (χ0) is 9.41. The van der Waals surface area contributed by atoms with Gasteiger partial charge in [0.1, 0.15) is 0 Å². The molecule has 2 N–H and O–H groups in total. The van der Waals surface area contributed by atoms with Crippen LogP contribution in [-0.2, 0) is 13.8 Å². The van der Waals surface area contributed by atoms with Crippen molar-refractivity contribution in [1.82, 2.24) is 11.0 Å². The maximum absolute atomic E-state index is 11.3. The van der Waals surface area contributed by atoms with Crippen LogP contribution in [0.5, 0.6) is 0 Å². The Balaban J connectivity index is 2.73. The van der Waals surface area contributed by atoms with Crippen LogP contribution in [-0.4, -0.2) is 18.2 Å². The summed E-state index contributed by atoms with van der Waals surface area (Å²) in [5, 5.41) is 0. The number of nitrogens with one attached hydrogen (secondary N) is 2. The molecule has 0 radical (unpaired) electrons. The van der Waals surface area contributed by atoms with Gasteiger partial charge in [-0.15, -0.1) is 0 Å². The predicted molar refractivity (Wildman–Crippen MR) is 45.5 cm³/mol. The van der Waals surface area contributed by atoms with Crippen LogP contribution in [0.4, 0.5) is 0 Å². The van der Waals surface area contributed by atoms with E-state index in [2.05, 4.69) is 11.0 Å². The van der Waals surface area contributed by atoms with E-state index in [1.54, 1.807) is 0 Å². The molecule has 0 aliphatic carbocycles. The Hall–Kier alpha value is 0.0700. The largest absolute Gasteiger partial charge is 0.360 e. The molecule has 6 heteroatoms. The van der Waals surface area contributed by atoms with Gasteiger partial charge in [-0.05, 0) is 20.8 Å². The molecule has 0 spiro atoms. The molecule has 1 heterocycles. The molecule has 2 atom stereocenters. The first-order valence-corrected chi connectivity index (χ1v) is 5.80. The highest BCUT2D eigenvalue weighted by atomic mass is 31.2. The normalized spacial score (nSPS) is 42.2. The average Bonchev–Trinajstić information content (AvgIpc) is 2.03. The van der Waals surface area contributed by atoms with Crippen LogP contribution in [0.3, 0.4) is 0 Å². The van der Waals surface area contributed by atoms with Crippen LogP contribution in [0.1, 0.15) is 20.8 Å². The maximum Gasteiger partial charge on any atom is 0.360 e. The molecule has 0 aromatic carbocycles. The van der Waals surface area contributed by atoms with Gasteiger partial charge in [-0.1, -0.05) is 0 Å².